The van der Waals surface area contributed by atoms with E-state index in [4.69, 9.17) is 11.5 Å². The number of fused-ring (bicyclic) bond motifs is 1. The van der Waals surface area contributed by atoms with Crippen LogP contribution in [0.4, 0.5) is 4.39 Å². The average molecular weight is 593 g/mol. The molecular formula is C33H49FN8O. The van der Waals surface area contributed by atoms with Gasteiger partial charge in [-0.1, -0.05) is 0 Å². The number of allylic oxidation sites excluding steroid dienone is 1. The minimum Gasteiger partial charge on any atom is -0.398 e. The third-order valence-corrected chi connectivity index (χ3v) is 8.47. The molecule has 2 aliphatic rings. The molecule has 0 aliphatic carbocycles. The fourth-order valence-electron chi connectivity index (χ4n) is 5.96. The van der Waals surface area contributed by atoms with Crippen LogP contribution in [0.1, 0.15) is 65.7 Å². The van der Waals surface area contributed by atoms with Gasteiger partial charge in [-0.15, -0.1) is 0 Å². The van der Waals surface area contributed by atoms with Gasteiger partial charge in [0.05, 0.1) is 17.8 Å². The lowest BCUT2D eigenvalue weighted by molar-refractivity contribution is 0.0757. The molecule has 10 heteroatoms. The summed E-state index contributed by atoms with van der Waals surface area (Å²) in [6, 6.07) is 7.85. The molecule has 1 fully saturated rings. The Bertz CT molecular complexity index is 1220. The van der Waals surface area contributed by atoms with Crippen LogP contribution in [-0.2, 0) is 6.54 Å². The monoisotopic (exact) mass is 592 g/mol. The number of hydrogen-bond donors (Lipinski definition) is 4. The number of hydrogen-bond acceptors (Lipinski definition) is 8. The van der Waals surface area contributed by atoms with Gasteiger partial charge in [-0.25, -0.2) is 4.39 Å². The molecule has 1 amide bonds. The summed E-state index contributed by atoms with van der Waals surface area (Å²) in [6.45, 7) is 9.54. The maximum absolute atomic E-state index is 13.6. The molecule has 0 bridgehead atoms. The Morgan fingerprint density at radius 2 is 1.74 bits per heavy atom. The molecule has 0 atom stereocenters. The lowest BCUT2D eigenvalue weighted by Crippen LogP contribution is -2.37. The summed E-state index contributed by atoms with van der Waals surface area (Å²) in [4.78, 5) is 26.9. The molecule has 1 aromatic heterocycles. The lowest BCUT2D eigenvalue weighted by atomic mass is 9.93. The number of pyridine rings is 1. The Morgan fingerprint density at radius 3 is 2.44 bits per heavy atom. The Kier molecular flexibility index (Phi) is 13.1. The van der Waals surface area contributed by atoms with Crippen molar-refractivity contribution in [2.45, 2.75) is 45.1 Å². The Morgan fingerprint density at radius 1 is 1.05 bits per heavy atom. The third kappa shape index (κ3) is 9.40. The minimum absolute atomic E-state index is 0.0108. The van der Waals surface area contributed by atoms with Crippen molar-refractivity contribution in [1.29, 1.82) is 0 Å². The molecular weight excluding hydrogens is 543 g/mol. The van der Waals surface area contributed by atoms with Crippen LogP contribution in [0.3, 0.4) is 0 Å². The van der Waals surface area contributed by atoms with Gasteiger partial charge in [0.25, 0.3) is 5.91 Å². The largest absolute Gasteiger partial charge is 0.398 e. The van der Waals surface area contributed by atoms with Crippen molar-refractivity contribution >= 4 is 23.4 Å². The highest BCUT2D eigenvalue weighted by Crippen LogP contribution is 2.32. The van der Waals surface area contributed by atoms with Crippen molar-refractivity contribution < 1.29 is 9.18 Å². The van der Waals surface area contributed by atoms with Crippen molar-refractivity contribution in [3.8, 4) is 0 Å². The highest BCUT2D eigenvalue weighted by molar-refractivity contribution is 6.21. The number of benzene rings is 1. The highest BCUT2D eigenvalue weighted by atomic mass is 19.1. The first-order valence-corrected chi connectivity index (χ1v) is 15.8. The molecule has 9 nitrogen and oxygen atoms in total. The van der Waals surface area contributed by atoms with Crippen LogP contribution in [0.15, 0.2) is 41.5 Å². The van der Waals surface area contributed by atoms with Crippen molar-refractivity contribution in [1.82, 2.24) is 25.4 Å². The second-order valence-corrected chi connectivity index (χ2v) is 11.6. The molecule has 1 aromatic carbocycles. The van der Waals surface area contributed by atoms with E-state index in [1.54, 1.807) is 31.6 Å². The molecule has 43 heavy (non-hydrogen) atoms. The predicted octanol–water partition coefficient (Wildman–Crippen LogP) is 3.11. The highest BCUT2D eigenvalue weighted by Gasteiger charge is 2.32. The van der Waals surface area contributed by atoms with E-state index in [1.165, 1.54) is 31.4 Å². The summed E-state index contributed by atoms with van der Waals surface area (Å²) in [5.74, 6) is 0.287. The molecule has 3 heterocycles. The number of likely N-dealkylation sites (tertiary alicyclic amines) is 1. The van der Waals surface area contributed by atoms with E-state index < -0.39 is 0 Å². The van der Waals surface area contributed by atoms with Gasteiger partial charge >= 0.3 is 0 Å². The van der Waals surface area contributed by atoms with E-state index in [-0.39, 0.29) is 11.7 Å². The van der Waals surface area contributed by atoms with E-state index in [0.29, 0.717) is 40.4 Å². The summed E-state index contributed by atoms with van der Waals surface area (Å²) in [6.07, 6.45) is 10.1. The standard InChI is InChI=1S/C33H49FN8O/c1-37-23-29(32(36)26-5-7-27(34)8-6-26)28-9-18-40-30-24-42(33(43)31(28)30)22-12-25-10-20-41(21-11-25)19-4-17-39-16-3-15-38-14-2-13-35/h5-9,18,23,25,38-39H,2-4,10-17,19-22,24,35-36H2,1H3/b32-29+,37-23?. The summed E-state index contributed by atoms with van der Waals surface area (Å²) in [7, 11) is 1.67. The molecule has 1 saturated heterocycles. The number of carbonyl (C=O) groups is 1. The number of piperidine rings is 1. The molecule has 2 aliphatic heterocycles. The molecule has 2 aromatic rings. The van der Waals surface area contributed by atoms with E-state index in [2.05, 4.69) is 25.5 Å². The van der Waals surface area contributed by atoms with Gasteiger partial charge < -0.3 is 31.9 Å². The van der Waals surface area contributed by atoms with E-state index in [0.717, 1.165) is 83.9 Å². The number of rotatable bonds is 17. The second-order valence-electron chi connectivity index (χ2n) is 11.6. The minimum atomic E-state index is -0.328. The number of nitrogens with zero attached hydrogens (tertiary/aromatic N) is 4. The van der Waals surface area contributed by atoms with Gasteiger partial charge in [0.1, 0.15) is 5.82 Å². The van der Waals surface area contributed by atoms with Gasteiger partial charge in [0, 0.05) is 42.8 Å². The van der Waals surface area contributed by atoms with Gasteiger partial charge in [0.15, 0.2) is 0 Å². The zero-order chi connectivity index (χ0) is 30.4. The van der Waals surface area contributed by atoms with Gasteiger partial charge in [-0.2, -0.15) is 0 Å². The molecule has 234 valence electrons. The number of aromatic nitrogens is 1. The first-order chi connectivity index (χ1) is 21.0. The molecule has 0 unspecified atom stereocenters. The second kappa shape index (κ2) is 17.2. The third-order valence-electron chi connectivity index (χ3n) is 8.47. The molecule has 0 spiro atoms. The maximum atomic E-state index is 13.6. The first-order valence-electron chi connectivity index (χ1n) is 15.8. The smallest absolute Gasteiger partial charge is 0.256 e. The number of amides is 1. The van der Waals surface area contributed by atoms with E-state index in [9.17, 15) is 9.18 Å². The van der Waals surface area contributed by atoms with Crippen LogP contribution < -0.4 is 22.1 Å². The van der Waals surface area contributed by atoms with Crippen LogP contribution in [0, 0.1) is 11.7 Å². The number of nitrogens with one attached hydrogen (secondary N) is 2. The summed E-state index contributed by atoms with van der Waals surface area (Å²) in [5.41, 5.74) is 15.9. The molecule has 4 rings (SSSR count). The maximum Gasteiger partial charge on any atom is 0.256 e. The van der Waals surface area contributed by atoms with Crippen LogP contribution in [0.25, 0.3) is 11.3 Å². The lowest BCUT2D eigenvalue weighted by Gasteiger charge is -2.32. The molecule has 0 saturated carbocycles. The van der Waals surface area contributed by atoms with E-state index >= 15 is 0 Å². The predicted molar refractivity (Wildman–Crippen MR) is 173 cm³/mol. The average Bonchev–Trinajstić information content (AvgIpc) is 3.35. The number of carbonyl (C=O) groups excluding carboxylic acids is 1. The van der Waals surface area contributed by atoms with Crippen molar-refractivity contribution in [3.05, 3.63) is 64.7 Å². The molecule has 6 N–H and O–H groups in total. The summed E-state index contributed by atoms with van der Waals surface area (Å²) >= 11 is 0. The SMILES string of the molecule is CN=C/C(=C(\N)c1ccc(F)cc1)c1ccnc2c1C(=O)N(CCC1CCN(CCCNCCCNCCCN)CC1)C2. The fraction of sp³-hybridized carbons (Fsp3) is 0.545. The van der Waals surface area contributed by atoms with Crippen molar-refractivity contribution in [2.75, 3.05) is 66.0 Å². The Hall–Kier alpha value is -3.18. The van der Waals surface area contributed by atoms with Crippen LogP contribution in [0.5, 0.6) is 0 Å². The Labute approximate surface area is 256 Å². The number of halogens is 1. The van der Waals surface area contributed by atoms with Gasteiger partial charge in [-0.3, -0.25) is 14.8 Å². The van der Waals surface area contributed by atoms with Crippen LogP contribution in [-0.4, -0.2) is 92.9 Å². The Balaban J connectivity index is 1.23. The van der Waals surface area contributed by atoms with Crippen molar-refractivity contribution in [3.63, 3.8) is 0 Å². The van der Waals surface area contributed by atoms with Crippen LogP contribution in [0.2, 0.25) is 0 Å². The number of nitrogens with two attached hydrogens (primary N) is 2. The van der Waals surface area contributed by atoms with Crippen molar-refractivity contribution in [2.24, 2.45) is 22.4 Å². The summed E-state index contributed by atoms with van der Waals surface area (Å²) in [5, 5.41) is 6.97. The topological polar surface area (TPSA) is 125 Å². The fourth-order valence-corrected chi connectivity index (χ4v) is 5.96. The van der Waals surface area contributed by atoms with Gasteiger partial charge in [0.2, 0.25) is 0 Å². The summed E-state index contributed by atoms with van der Waals surface area (Å²) < 4.78 is 13.5. The van der Waals surface area contributed by atoms with E-state index in [1.807, 2.05) is 11.0 Å². The van der Waals surface area contributed by atoms with Gasteiger partial charge in [-0.05, 0) is 133 Å². The molecule has 0 radical (unpaired) electrons. The first kappa shape index (κ1) is 32.7. The normalized spacial score (nSPS) is 16.7. The number of aliphatic imine (C=N–C) groups is 1. The zero-order valence-electron chi connectivity index (χ0n) is 25.7. The zero-order valence-corrected chi connectivity index (χ0v) is 25.7. The quantitative estimate of drug-likeness (QED) is 0.164. The van der Waals surface area contributed by atoms with Crippen LogP contribution >= 0.6 is 0 Å².